The molecule has 0 aliphatic rings. The lowest BCUT2D eigenvalue weighted by Crippen LogP contribution is -1.91. The van der Waals surface area contributed by atoms with Crippen molar-refractivity contribution in [3.05, 3.63) is 27.7 Å². The number of nitrogens with zero attached hydrogens (tertiary/aromatic N) is 3. The van der Waals surface area contributed by atoms with Crippen LogP contribution in [0.3, 0.4) is 0 Å². The predicted molar refractivity (Wildman–Crippen MR) is 52.0 cm³/mol. The van der Waals surface area contributed by atoms with Gasteiger partial charge < -0.3 is 5.11 Å². The minimum absolute atomic E-state index is 0.132. The van der Waals surface area contributed by atoms with Crippen LogP contribution in [0.4, 0.5) is 0 Å². The highest BCUT2D eigenvalue weighted by Gasteiger charge is 2.05. The van der Waals surface area contributed by atoms with Gasteiger partial charge in [-0.3, -0.25) is 5.10 Å². The largest absolute Gasteiger partial charge is 0.388 e. The predicted octanol–water partition coefficient (Wildman–Crippen LogP) is 0.653. The molecular weight excluding hydrogens is 200 g/mol. The molecule has 0 bridgehead atoms. The van der Waals surface area contributed by atoms with Gasteiger partial charge in [-0.25, -0.2) is 9.97 Å². The molecule has 0 atom stereocenters. The Bertz CT molecular complexity index is 422. The van der Waals surface area contributed by atoms with E-state index in [0.717, 1.165) is 16.5 Å². The van der Waals surface area contributed by atoms with Crippen molar-refractivity contribution in [3.63, 3.8) is 0 Å². The number of thiazole rings is 1. The van der Waals surface area contributed by atoms with E-state index in [2.05, 4.69) is 20.2 Å². The van der Waals surface area contributed by atoms with Crippen molar-refractivity contribution >= 4 is 11.3 Å². The first-order chi connectivity index (χ1) is 6.78. The molecule has 2 N–H and O–H groups in total. The molecule has 0 fully saturated rings. The summed E-state index contributed by atoms with van der Waals surface area (Å²) >= 11 is 1.61. The SMILES string of the molecule is Cc1nc(Cc2nc(CO)n[nH]2)cs1. The van der Waals surface area contributed by atoms with Crippen LogP contribution in [-0.2, 0) is 13.0 Å². The zero-order valence-corrected chi connectivity index (χ0v) is 8.51. The van der Waals surface area contributed by atoms with E-state index < -0.39 is 0 Å². The Kier molecular flexibility index (Phi) is 2.55. The summed E-state index contributed by atoms with van der Waals surface area (Å²) in [6.45, 7) is 1.83. The standard InChI is InChI=1S/C8H10N4OS/c1-5-9-6(4-14-5)2-7-10-8(3-13)12-11-7/h4,13H,2-3H2,1H3,(H,10,11,12). The minimum Gasteiger partial charge on any atom is -0.388 e. The molecule has 74 valence electrons. The first-order valence-corrected chi connectivity index (χ1v) is 5.08. The molecule has 0 amide bonds. The molecule has 2 heterocycles. The molecule has 0 saturated carbocycles. The second-order valence-electron chi connectivity index (χ2n) is 2.89. The second-order valence-corrected chi connectivity index (χ2v) is 3.95. The number of rotatable bonds is 3. The van der Waals surface area contributed by atoms with Crippen molar-refractivity contribution in [2.24, 2.45) is 0 Å². The van der Waals surface area contributed by atoms with Crippen LogP contribution < -0.4 is 0 Å². The van der Waals surface area contributed by atoms with Crippen LogP contribution in [0.5, 0.6) is 0 Å². The van der Waals surface area contributed by atoms with Gasteiger partial charge in [0.25, 0.3) is 0 Å². The fourth-order valence-corrected chi connectivity index (χ4v) is 1.76. The van der Waals surface area contributed by atoms with Gasteiger partial charge in [-0.05, 0) is 6.92 Å². The molecule has 0 aliphatic carbocycles. The Morgan fingerprint density at radius 3 is 2.93 bits per heavy atom. The highest BCUT2D eigenvalue weighted by atomic mass is 32.1. The van der Waals surface area contributed by atoms with Crippen molar-refractivity contribution in [1.82, 2.24) is 20.2 Å². The number of aromatic nitrogens is 4. The number of H-pyrrole nitrogens is 1. The maximum atomic E-state index is 8.76. The molecular formula is C8H10N4OS. The Morgan fingerprint density at radius 1 is 1.50 bits per heavy atom. The van der Waals surface area contributed by atoms with Gasteiger partial charge in [0, 0.05) is 5.38 Å². The van der Waals surface area contributed by atoms with Crippen molar-refractivity contribution < 1.29 is 5.11 Å². The van der Waals surface area contributed by atoms with Gasteiger partial charge in [0.05, 0.1) is 17.1 Å². The van der Waals surface area contributed by atoms with Crippen LogP contribution in [0, 0.1) is 6.92 Å². The number of aliphatic hydroxyl groups is 1. The molecule has 0 radical (unpaired) electrons. The summed E-state index contributed by atoms with van der Waals surface area (Å²) in [7, 11) is 0. The lowest BCUT2D eigenvalue weighted by Gasteiger charge is -1.89. The van der Waals surface area contributed by atoms with E-state index in [1.54, 1.807) is 11.3 Å². The van der Waals surface area contributed by atoms with Crippen molar-refractivity contribution in [2.45, 2.75) is 20.0 Å². The fraction of sp³-hybridized carbons (Fsp3) is 0.375. The fourth-order valence-electron chi connectivity index (χ4n) is 1.15. The third-order valence-corrected chi connectivity index (χ3v) is 2.56. The maximum absolute atomic E-state index is 8.76. The summed E-state index contributed by atoms with van der Waals surface area (Å²) in [5.74, 6) is 1.16. The Hall–Kier alpha value is -1.27. The van der Waals surface area contributed by atoms with Crippen molar-refractivity contribution in [3.8, 4) is 0 Å². The summed E-state index contributed by atoms with van der Waals surface area (Å²) in [6.07, 6.45) is 0.636. The van der Waals surface area contributed by atoms with Gasteiger partial charge >= 0.3 is 0 Å². The number of hydrogen-bond donors (Lipinski definition) is 2. The highest BCUT2D eigenvalue weighted by Crippen LogP contribution is 2.10. The van der Waals surface area contributed by atoms with Gasteiger partial charge in [-0.1, -0.05) is 0 Å². The van der Waals surface area contributed by atoms with Gasteiger partial charge in [-0.2, -0.15) is 5.10 Å². The zero-order chi connectivity index (χ0) is 9.97. The van der Waals surface area contributed by atoms with E-state index in [4.69, 9.17) is 5.11 Å². The summed E-state index contributed by atoms with van der Waals surface area (Å²) < 4.78 is 0. The number of nitrogens with one attached hydrogen (secondary N) is 1. The molecule has 0 spiro atoms. The van der Waals surface area contributed by atoms with Gasteiger partial charge in [-0.15, -0.1) is 11.3 Å². The summed E-state index contributed by atoms with van der Waals surface area (Å²) in [5, 5.41) is 18.4. The molecule has 0 saturated heterocycles. The summed E-state index contributed by atoms with van der Waals surface area (Å²) in [5.41, 5.74) is 0.980. The molecule has 2 aromatic rings. The lowest BCUT2D eigenvalue weighted by atomic mass is 10.3. The quantitative estimate of drug-likeness (QED) is 0.780. The topological polar surface area (TPSA) is 74.7 Å². The van der Waals surface area contributed by atoms with E-state index in [9.17, 15) is 0 Å². The van der Waals surface area contributed by atoms with Crippen molar-refractivity contribution in [1.29, 1.82) is 0 Å². The zero-order valence-electron chi connectivity index (χ0n) is 7.69. The first kappa shape index (κ1) is 9.29. The van der Waals surface area contributed by atoms with Crippen LogP contribution >= 0.6 is 11.3 Å². The van der Waals surface area contributed by atoms with Crippen LogP contribution in [0.15, 0.2) is 5.38 Å². The normalized spacial score (nSPS) is 10.7. The van der Waals surface area contributed by atoms with Crippen molar-refractivity contribution in [2.75, 3.05) is 0 Å². The Labute approximate surface area is 84.9 Å². The summed E-state index contributed by atoms with van der Waals surface area (Å²) in [6, 6.07) is 0. The van der Waals surface area contributed by atoms with E-state index in [1.165, 1.54) is 0 Å². The average molecular weight is 210 g/mol. The third kappa shape index (κ3) is 1.97. The van der Waals surface area contributed by atoms with E-state index in [-0.39, 0.29) is 6.61 Å². The van der Waals surface area contributed by atoms with Crippen LogP contribution in [0.25, 0.3) is 0 Å². The maximum Gasteiger partial charge on any atom is 0.176 e. The van der Waals surface area contributed by atoms with E-state index >= 15 is 0 Å². The van der Waals surface area contributed by atoms with Gasteiger partial charge in [0.15, 0.2) is 5.82 Å². The smallest absolute Gasteiger partial charge is 0.176 e. The first-order valence-electron chi connectivity index (χ1n) is 4.20. The monoisotopic (exact) mass is 210 g/mol. The molecule has 6 heteroatoms. The molecule has 0 aliphatic heterocycles. The highest BCUT2D eigenvalue weighted by molar-refractivity contribution is 7.09. The lowest BCUT2D eigenvalue weighted by molar-refractivity contribution is 0.271. The molecule has 5 nitrogen and oxygen atoms in total. The van der Waals surface area contributed by atoms with Crippen LogP contribution in [-0.4, -0.2) is 25.3 Å². The Balaban J connectivity index is 2.10. The third-order valence-electron chi connectivity index (χ3n) is 1.73. The minimum atomic E-state index is -0.132. The number of aliphatic hydroxyl groups excluding tert-OH is 1. The molecule has 14 heavy (non-hydrogen) atoms. The second kappa shape index (κ2) is 3.85. The molecule has 2 aromatic heterocycles. The van der Waals surface area contributed by atoms with Crippen LogP contribution in [0.2, 0.25) is 0 Å². The number of hydrogen-bond acceptors (Lipinski definition) is 5. The molecule has 0 unspecified atom stereocenters. The average Bonchev–Trinajstić information content (AvgIpc) is 2.76. The van der Waals surface area contributed by atoms with E-state index in [1.807, 2.05) is 12.3 Å². The summed E-state index contributed by atoms with van der Waals surface area (Å²) in [4.78, 5) is 8.39. The van der Waals surface area contributed by atoms with Gasteiger partial charge in [0.2, 0.25) is 0 Å². The Morgan fingerprint density at radius 2 is 2.36 bits per heavy atom. The van der Waals surface area contributed by atoms with Crippen LogP contribution in [0.1, 0.15) is 22.4 Å². The molecule has 2 rings (SSSR count). The molecule has 0 aromatic carbocycles. The van der Waals surface area contributed by atoms with Gasteiger partial charge in [0.1, 0.15) is 12.4 Å². The van der Waals surface area contributed by atoms with E-state index in [0.29, 0.717) is 12.2 Å². The number of aryl methyl sites for hydroxylation is 1. The number of aromatic amines is 1.